The molecule has 2 aliphatic rings. The van der Waals surface area contributed by atoms with Gasteiger partial charge in [-0.3, -0.25) is 9.59 Å². The Hall–Kier alpha value is -3.01. The van der Waals surface area contributed by atoms with Gasteiger partial charge in [0.1, 0.15) is 11.3 Å². The molecule has 2 amide bonds. The van der Waals surface area contributed by atoms with Crippen molar-refractivity contribution in [2.24, 2.45) is 5.92 Å². The quantitative estimate of drug-likeness (QED) is 0.611. The van der Waals surface area contributed by atoms with E-state index in [-0.39, 0.29) is 22.9 Å². The van der Waals surface area contributed by atoms with Gasteiger partial charge >= 0.3 is 6.09 Å². The monoisotopic (exact) mass is 475 g/mol. The highest BCUT2D eigenvalue weighted by molar-refractivity contribution is 5.99. The third-order valence-electron chi connectivity index (χ3n) is 6.41. The molecule has 1 saturated heterocycles. The van der Waals surface area contributed by atoms with E-state index in [4.69, 9.17) is 13.9 Å². The topological polar surface area (TPSA) is 111 Å². The normalized spacial score (nSPS) is 18.9. The van der Waals surface area contributed by atoms with Crippen LogP contribution in [-0.4, -0.2) is 66.1 Å². The number of hydrogen-bond donors (Lipinski definition) is 1. The van der Waals surface area contributed by atoms with Crippen LogP contribution < -0.4 is 5.32 Å². The zero-order chi connectivity index (χ0) is 24.1. The first-order chi connectivity index (χ1) is 16.4. The van der Waals surface area contributed by atoms with E-state index in [1.807, 2.05) is 0 Å². The van der Waals surface area contributed by atoms with Crippen molar-refractivity contribution in [3.8, 4) is 0 Å². The summed E-state index contributed by atoms with van der Waals surface area (Å²) in [4.78, 5) is 44.2. The summed E-state index contributed by atoms with van der Waals surface area (Å²) in [7, 11) is 0. The molecule has 2 aromatic rings. The van der Waals surface area contributed by atoms with Crippen molar-refractivity contribution in [3.05, 3.63) is 29.9 Å². The first kappa shape index (κ1) is 24.1. The summed E-state index contributed by atoms with van der Waals surface area (Å²) in [5.74, 6) is -1.24. The maximum absolute atomic E-state index is 13.4. The predicted octanol–water partition coefficient (Wildman–Crippen LogP) is 3.46. The molecule has 2 unspecified atom stereocenters. The predicted molar refractivity (Wildman–Crippen MR) is 120 cm³/mol. The van der Waals surface area contributed by atoms with Crippen molar-refractivity contribution < 1.29 is 32.7 Å². The molecular formula is C24H30FN3O6. The van der Waals surface area contributed by atoms with Crippen LogP contribution in [0.3, 0.4) is 0 Å². The lowest BCUT2D eigenvalue weighted by Crippen LogP contribution is -2.49. The van der Waals surface area contributed by atoms with Gasteiger partial charge in [0.25, 0.3) is 11.8 Å². The highest BCUT2D eigenvalue weighted by Gasteiger charge is 2.33. The molecule has 1 saturated carbocycles. The minimum atomic E-state index is -1.01. The minimum absolute atomic E-state index is 0.210. The highest BCUT2D eigenvalue weighted by atomic mass is 19.1. The molecule has 1 aromatic carbocycles. The second-order valence-corrected chi connectivity index (χ2v) is 8.93. The molecule has 9 nitrogen and oxygen atoms in total. The summed E-state index contributed by atoms with van der Waals surface area (Å²) in [6.07, 6.45) is 4.09. The third-order valence-corrected chi connectivity index (χ3v) is 6.41. The standard InChI is InChI=1S/C24H30FN3O6/c1-15(21(29)22-27-18-14-17(25)7-8-19(18)33-22)26-24(31)34-20(13-16-5-3-2-4-6-16)23(30)28-9-11-32-12-10-28/h7-8,14-16,20H,2-6,9-13H2,1H3,(H,26,31). The van der Waals surface area contributed by atoms with Gasteiger partial charge in [0.2, 0.25) is 5.78 Å². The van der Waals surface area contributed by atoms with Gasteiger partial charge in [0, 0.05) is 19.2 Å². The third kappa shape index (κ3) is 5.91. The molecule has 34 heavy (non-hydrogen) atoms. The number of Topliss-reactive ketones (excluding diaryl/α,β-unsaturated/α-hetero) is 1. The summed E-state index contributed by atoms with van der Waals surface area (Å²) in [5.41, 5.74) is 0.477. The maximum Gasteiger partial charge on any atom is 0.408 e. The van der Waals surface area contributed by atoms with E-state index in [0.717, 1.165) is 31.7 Å². The molecule has 0 bridgehead atoms. The Bertz CT molecular complexity index is 1030. The van der Waals surface area contributed by atoms with Crippen molar-refractivity contribution in [1.29, 1.82) is 0 Å². The lowest BCUT2D eigenvalue weighted by Gasteiger charge is -2.32. The van der Waals surface area contributed by atoms with Gasteiger partial charge in [0.05, 0.1) is 19.3 Å². The van der Waals surface area contributed by atoms with Gasteiger partial charge in [-0.2, -0.15) is 0 Å². The summed E-state index contributed by atoms with van der Waals surface area (Å²) < 4.78 is 29.7. The van der Waals surface area contributed by atoms with E-state index in [9.17, 15) is 18.8 Å². The fraction of sp³-hybridized carbons (Fsp3) is 0.583. The Morgan fingerprint density at radius 2 is 1.94 bits per heavy atom. The molecule has 0 radical (unpaired) electrons. The Kier molecular flexibility index (Phi) is 7.77. The number of oxazole rings is 1. The van der Waals surface area contributed by atoms with E-state index < -0.39 is 29.8 Å². The number of amides is 2. The number of aromatic nitrogens is 1. The summed E-state index contributed by atoms with van der Waals surface area (Å²) >= 11 is 0. The number of hydrogen-bond acceptors (Lipinski definition) is 7. The average Bonchev–Trinajstić information content (AvgIpc) is 3.27. The van der Waals surface area contributed by atoms with Crippen LogP contribution in [0, 0.1) is 11.7 Å². The Morgan fingerprint density at radius 3 is 2.68 bits per heavy atom. The van der Waals surface area contributed by atoms with Crippen LogP contribution >= 0.6 is 0 Å². The maximum atomic E-state index is 13.4. The van der Waals surface area contributed by atoms with Crippen molar-refractivity contribution in [1.82, 2.24) is 15.2 Å². The van der Waals surface area contributed by atoms with Gasteiger partial charge in [-0.05, 0) is 31.4 Å². The molecule has 1 aliphatic heterocycles. The number of benzene rings is 1. The second-order valence-electron chi connectivity index (χ2n) is 8.93. The first-order valence-electron chi connectivity index (χ1n) is 11.8. The molecule has 1 N–H and O–H groups in total. The number of nitrogens with one attached hydrogen (secondary N) is 1. The lowest BCUT2D eigenvalue weighted by molar-refractivity contribution is -0.145. The van der Waals surface area contributed by atoms with Gasteiger partial charge < -0.3 is 24.1 Å². The van der Waals surface area contributed by atoms with E-state index >= 15 is 0 Å². The number of halogens is 1. The van der Waals surface area contributed by atoms with Crippen LogP contribution in [0.1, 0.15) is 56.1 Å². The fourth-order valence-electron chi connectivity index (χ4n) is 4.51. The molecule has 1 aliphatic carbocycles. The highest BCUT2D eigenvalue weighted by Crippen LogP contribution is 2.29. The summed E-state index contributed by atoms with van der Waals surface area (Å²) in [6.45, 7) is 3.29. The summed E-state index contributed by atoms with van der Waals surface area (Å²) in [6, 6.07) is 2.74. The van der Waals surface area contributed by atoms with Crippen molar-refractivity contribution in [2.45, 2.75) is 57.6 Å². The minimum Gasteiger partial charge on any atom is -0.436 e. The zero-order valence-corrected chi connectivity index (χ0v) is 19.3. The van der Waals surface area contributed by atoms with Crippen LogP contribution in [0.2, 0.25) is 0 Å². The lowest BCUT2D eigenvalue weighted by atomic mass is 9.85. The van der Waals surface area contributed by atoms with Crippen LogP contribution in [-0.2, 0) is 14.3 Å². The second kappa shape index (κ2) is 10.9. The van der Waals surface area contributed by atoms with Gasteiger partial charge in [-0.15, -0.1) is 0 Å². The Labute approximate surface area is 197 Å². The van der Waals surface area contributed by atoms with Crippen molar-refractivity contribution >= 4 is 28.9 Å². The fourth-order valence-corrected chi connectivity index (χ4v) is 4.51. The number of rotatable bonds is 7. The summed E-state index contributed by atoms with van der Waals surface area (Å²) in [5, 5.41) is 2.48. The Morgan fingerprint density at radius 1 is 1.21 bits per heavy atom. The average molecular weight is 476 g/mol. The molecule has 0 spiro atoms. The molecule has 184 valence electrons. The number of alkyl carbamates (subject to hydrolysis) is 1. The molecule has 10 heteroatoms. The number of ketones is 1. The van der Waals surface area contributed by atoms with E-state index in [1.165, 1.54) is 25.5 Å². The van der Waals surface area contributed by atoms with E-state index in [1.54, 1.807) is 4.90 Å². The van der Waals surface area contributed by atoms with Crippen LogP contribution in [0.4, 0.5) is 9.18 Å². The molecule has 1 aromatic heterocycles. The number of ether oxygens (including phenoxy) is 2. The van der Waals surface area contributed by atoms with Gasteiger partial charge in [0.15, 0.2) is 11.7 Å². The smallest absolute Gasteiger partial charge is 0.408 e. The number of morpholine rings is 1. The van der Waals surface area contributed by atoms with Crippen LogP contribution in [0.15, 0.2) is 22.6 Å². The Balaban J connectivity index is 1.39. The first-order valence-corrected chi connectivity index (χ1v) is 11.8. The zero-order valence-electron chi connectivity index (χ0n) is 19.3. The number of fused-ring (bicyclic) bond motifs is 1. The molecule has 2 fully saturated rings. The van der Waals surface area contributed by atoms with E-state index in [0.29, 0.717) is 38.6 Å². The molecule has 2 heterocycles. The number of carbonyl (C=O) groups excluding carboxylic acids is 3. The van der Waals surface area contributed by atoms with Crippen LogP contribution in [0.25, 0.3) is 11.1 Å². The van der Waals surface area contributed by atoms with Crippen molar-refractivity contribution in [2.75, 3.05) is 26.3 Å². The SMILES string of the molecule is CC(NC(=O)OC(CC1CCCCC1)C(=O)N1CCOCC1)C(=O)c1nc2cc(F)ccc2o1. The van der Waals surface area contributed by atoms with Crippen LogP contribution in [0.5, 0.6) is 0 Å². The molecule has 4 rings (SSSR count). The number of nitrogens with zero attached hydrogens (tertiary/aromatic N) is 2. The largest absolute Gasteiger partial charge is 0.436 e. The van der Waals surface area contributed by atoms with Gasteiger partial charge in [-0.1, -0.05) is 32.1 Å². The number of carbonyl (C=O) groups is 3. The van der Waals surface area contributed by atoms with E-state index in [2.05, 4.69) is 10.3 Å². The van der Waals surface area contributed by atoms with Gasteiger partial charge in [-0.25, -0.2) is 14.2 Å². The van der Waals surface area contributed by atoms with Crippen molar-refractivity contribution in [3.63, 3.8) is 0 Å². The molecule has 2 atom stereocenters. The molecular weight excluding hydrogens is 445 g/mol.